The van der Waals surface area contributed by atoms with Crippen LogP contribution in [0.5, 0.6) is 0 Å². The van der Waals surface area contributed by atoms with E-state index in [1.165, 1.54) is 16.5 Å². The molecular formula is C17H16BrClN2. The molecular weight excluding hydrogens is 348 g/mol. The Hall–Kier alpha value is -1.29. The second-order valence-electron chi connectivity index (χ2n) is 5.16. The van der Waals surface area contributed by atoms with Crippen LogP contribution in [-0.4, -0.2) is 4.98 Å². The predicted molar refractivity (Wildman–Crippen MR) is 92.7 cm³/mol. The van der Waals surface area contributed by atoms with Crippen LogP contribution in [0.2, 0.25) is 5.02 Å². The molecule has 0 saturated carbocycles. The van der Waals surface area contributed by atoms with Crippen LogP contribution in [-0.2, 0) is 6.54 Å². The molecule has 2 N–H and O–H groups in total. The van der Waals surface area contributed by atoms with E-state index >= 15 is 0 Å². The molecule has 1 heterocycles. The normalized spacial score (nSPS) is 12.7. The van der Waals surface area contributed by atoms with Gasteiger partial charge in [0, 0.05) is 39.2 Å². The highest BCUT2D eigenvalue weighted by Gasteiger charge is 2.08. The minimum Gasteiger partial charge on any atom is -0.361 e. The molecule has 0 fully saturated rings. The van der Waals surface area contributed by atoms with Gasteiger partial charge in [-0.3, -0.25) is 0 Å². The molecule has 0 bridgehead atoms. The molecule has 21 heavy (non-hydrogen) atoms. The number of H-pyrrole nitrogens is 1. The molecule has 2 nitrogen and oxygen atoms in total. The molecule has 0 aliphatic carbocycles. The molecule has 2 aromatic carbocycles. The number of aromatic nitrogens is 1. The second kappa shape index (κ2) is 6.22. The lowest BCUT2D eigenvalue weighted by molar-refractivity contribution is 0.576. The largest absolute Gasteiger partial charge is 0.361 e. The predicted octanol–water partition coefficient (Wildman–Crippen LogP) is 5.43. The van der Waals surface area contributed by atoms with Crippen LogP contribution in [0, 0.1) is 0 Å². The van der Waals surface area contributed by atoms with E-state index in [-0.39, 0.29) is 0 Å². The summed E-state index contributed by atoms with van der Waals surface area (Å²) in [5.74, 6) is 0. The molecule has 0 amide bonds. The van der Waals surface area contributed by atoms with Gasteiger partial charge < -0.3 is 10.3 Å². The Bertz CT molecular complexity index is 766. The van der Waals surface area contributed by atoms with Gasteiger partial charge in [-0.1, -0.05) is 45.7 Å². The Morgan fingerprint density at radius 1 is 1.24 bits per heavy atom. The Kier molecular flexibility index (Phi) is 4.34. The fraction of sp³-hybridized carbons (Fsp3) is 0.176. The zero-order valence-corrected chi connectivity index (χ0v) is 14.0. The van der Waals surface area contributed by atoms with Crippen molar-refractivity contribution in [2.24, 2.45) is 0 Å². The molecule has 0 aliphatic rings. The number of rotatable bonds is 4. The fourth-order valence-corrected chi connectivity index (χ4v) is 3.05. The highest BCUT2D eigenvalue weighted by atomic mass is 79.9. The van der Waals surface area contributed by atoms with Crippen molar-refractivity contribution in [3.05, 3.63) is 69.3 Å². The zero-order valence-electron chi connectivity index (χ0n) is 11.7. The first kappa shape index (κ1) is 14.6. The third-order valence-corrected chi connectivity index (χ3v) is 4.41. The minimum absolute atomic E-state index is 0.291. The minimum atomic E-state index is 0.291. The molecule has 1 aromatic heterocycles. The summed E-state index contributed by atoms with van der Waals surface area (Å²) in [5, 5.41) is 5.53. The third kappa shape index (κ3) is 3.31. The van der Waals surface area contributed by atoms with Gasteiger partial charge >= 0.3 is 0 Å². The number of hydrogen-bond donors (Lipinski definition) is 2. The standard InChI is InChI=1S/C17H16BrClN2/c1-11(12-3-2-4-14(18)7-12)20-9-13-10-21-17-8-15(19)5-6-16(13)17/h2-8,10-11,20-21H,9H2,1H3/t11-/m1/s1. The number of benzene rings is 2. The first-order valence-corrected chi connectivity index (χ1v) is 8.05. The highest BCUT2D eigenvalue weighted by molar-refractivity contribution is 9.10. The SMILES string of the molecule is C[C@@H](NCc1c[nH]c2cc(Cl)ccc12)c1cccc(Br)c1. The van der Waals surface area contributed by atoms with Crippen molar-refractivity contribution in [3.8, 4) is 0 Å². The van der Waals surface area contributed by atoms with E-state index in [1.807, 2.05) is 24.4 Å². The number of aromatic amines is 1. The maximum absolute atomic E-state index is 6.01. The molecule has 108 valence electrons. The van der Waals surface area contributed by atoms with Gasteiger partial charge in [0.2, 0.25) is 0 Å². The highest BCUT2D eigenvalue weighted by Crippen LogP contribution is 2.23. The molecule has 1 atom stereocenters. The summed E-state index contributed by atoms with van der Waals surface area (Å²) in [6, 6.07) is 14.6. The van der Waals surface area contributed by atoms with Gasteiger partial charge in [-0.15, -0.1) is 0 Å². The first-order valence-electron chi connectivity index (χ1n) is 6.88. The summed E-state index contributed by atoms with van der Waals surface area (Å²) < 4.78 is 1.11. The summed E-state index contributed by atoms with van der Waals surface area (Å²) >= 11 is 9.52. The number of nitrogens with one attached hydrogen (secondary N) is 2. The fourth-order valence-electron chi connectivity index (χ4n) is 2.46. The quantitative estimate of drug-likeness (QED) is 0.635. The average Bonchev–Trinajstić information content (AvgIpc) is 2.87. The van der Waals surface area contributed by atoms with Crippen molar-refractivity contribution >= 4 is 38.4 Å². The summed E-state index contributed by atoms with van der Waals surface area (Å²) in [6.07, 6.45) is 2.04. The van der Waals surface area contributed by atoms with E-state index in [2.05, 4.69) is 57.4 Å². The molecule has 0 spiro atoms. The Balaban J connectivity index is 1.74. The van der Waals surface area contributed by atoms with Crippen molar-refractivity contribution in [3.63, 3.8) is 0 Å². The lowest BCUT2D eigenvalue weighted by Crippen LogP contribution is -2.17. The van der Waals surface area contributed by atoms with E-state index in [1.54, 1.807) is 0 Å². The number of fused-ring (bicyclic) bond motifs is 1. The van der Waals surface area contributed by atoms with E-state index in [4.69, 9.17) is 11.6 Å². The van der Waals surface area contributed by atoms with Crippen LogP contribution in [0.3, 0.4) is 0 Å². The average molecular weight is 364 g/mol. The number of halogens is 2. The van der Waals surface area contributed by atoms with Crippen molar-refractivity contribution in [2.45, 2.75) is 19.5 Å². The summed E-state index contributed by atoms with van der Waals surface area (Å²) in [7, 11) is 0. The second-order valence-corrected chi connectivity index (χ2v) is 6.51. The first-order chi connectivity index (χ1) is 10.1. The maximum atomic E-state index is 6.01. The maximum Gasteiger partial charge on any atom is 0.0472 e. The monoisotopic (exact) mass is 362 g/mol. The van der Waals surface area contributed by atoms with E-state index in [0.29, 0.717) is 6.04 Å². The zero-order chi connectivity index (χ0) is 14.8. The molecule has 0 unspecified atom stereocenters. The van der Waals surface area contributed by atoms with Gasteiger partial charge in [-0.05, 0) is 42.3 Å². The Labute approximate surface area is 137 Å². The lowest BCUT2D eigenvalue weighted by atomic mass is 10.1. The van der Waals surface area contributed by atoms with Gasteiger partial charge in [0.15, 0.2) is 0 Å². The van der Waals surface area contributed by atoms with Crippen LogP contribution >= 0.6 is 27.5 Å². The van der Waals surface area contributed by atoms with Gasteiger partial charge in [0.25, 0.3) is 0 Å². The molecule has 3 aromatic rings. The topological polar surface area (TPSA) is 27.8 Å². The van der Waals surface area contributed by atoms with Crippen LogP contribution in [0.15, 0.2) is 53.1 Å². The van der Waals surface area contributed by atoms with Gasteiger partial charge in [-0.25, -0.2) is 0 Å². The molecule has 0 saturated heterocycles. The van der Waals surface area contributed by atoms with Crippen molar-refractivity contribution < 1.29 is 0 Å². The smallest absolute Gasteiger partial charge is 0.0472 e. The summed E-state index contributed by atoms with van der Waals surface area (Å²) in [4.78, 5) is 3.27. The molecule has 0 aliphatic heterocycles. The lowest BCUT2D eigenvalue weighted by Gasteiger charge is -2.14. The molecule has 4 heteroatoms. The van der Waals surface area contributed by atoms with E-state index < -0.39 is 0 Å². The van der Waals surface area contributed by atoms with Gasteiger partial charge in [0.1, 0.15) is 0 Å². The van der Waals surface area contributed by atoms with Crippen LogP contribution < -0.4 is 5.32 Å². The van der Waals surface area contributed by atoms with Crippen LogP contribution in [0.4, 0.5) is 0 Å². The molecule has 0 radical (unpaired) electrons. The van der Waals surface area contributed by atoms with Crippen LogP contribution in [0.25, 0.3) is 10.9 Å². The van der Waals surface area contributed by atoms with E-state index in [9.17, 15) is 0 Å². The molecule has 3 rings (SSSR count). The third-order valence-electron chi connectivity index (χ3n) is 3.68. The van der Waals surface area contributed by atoms with Gasteiger partial charge in [0.05, 0.1) is 0 Å². The van der Waals surface area contributed by atoms with E-state index in [0.717, 1.165) is 21.6 Å². The van der Waals surface area contributed by atoms with Crippen molar-refractivity contribution in [1.82, 2.24) is 10.3 Å². The summed E-state index contributed by atoms with van der Waals surface area (Å²) in [5.41, 5.74) is 3.60. The van der Waals surface area contributed by atoms with Crippen molar-refractivity contribution in [2.75, 3.05) is 0 Å². The number of hydrogen-bond acceptors (Lipinski definition) is 1. The van der Waals surface area contributed by atoms with Gasteiger partial charge in [-0.2, -0.15) is 0 Å². The van der Waals surface area contributed by atoms with Crippen LogP contribution in [0.1, 0.15) is 24.1 Å². The van der Waals surface area contributed by atoms with Crippen molar-refractivity contribution in [1.29, 1.82) is 0 Å². The summed E-state index contributed by atoms with van der Waals surface area (Å²) in [6.45, 7) is 2.99. The Morgan fingerprint density at radius 3 is 2.90 bits per heavy atom. The Morgan fingerprint density at radius 2 is 2.10 bits per heavy atom.